The number of nitrogens with one attached hydrogen (secondary N) is 2. The Hall–Kier alpha value is -2.26. The minimum Gasteiger partial charge on any atom is -0.274 e. The quantitative estimate of drug-likeness (QED) is 0.284. The van der Waals surface area contributed by atoms with E-state index in [4.69, 9.17) is 23.2 Å². The Morgan fingerprint density at radius 3 is 1.57 bits per heavy atom. The lowest BCUT2D eigenvalue weighted by Crippen LogP contribution is -2.07. The highest BCUT2D eigenvalue weighted by atomic mass is 35.5. The van der Waals surface area contributed by atoms with Gasteiger partial charge in [0.2, 0.25) is 10.3 Å². The SMILES string of the molecule is Fc1ccc(Cc2cnc(NNc3ncc(Cc4ccc(F)cc4Cl)s3)s2)c(Cl)c1. The third-order valence-corrected chi connectivity index (χ3v) is 6.67. The van der Waals surface area contributed by atoms with Crippen LogP contribution in [0.4, 0.5) is 19.0 Å². The van der Waals surface area contributed by atoms with Gasteiger partial charge < -0.3 is 0 Å². The topological polar surface area (TPSA) is 49.8 Å². The molecule has 2 N–H and O–H groups in total. The molecule has 0 unspecified atom stereocenters. The first kappa shape index (κ1) is 21.0. The van der Waals surface area contributed by atoms with Crippen molar-refractivity contribution in [1.29, 1.82) is 0 Å². The second kappa shape index (κ2) is 9.26. The summed E-state index contributed by atoms with van der Waals surface area (Å²) in [4.78, 5) is 10.6. The molecule has 4 aromatic rings. The van der Waals surface area contributed by atoms with Gasteiger partial charge in [0.1, 0.15) is 11.6 Å². The highest BCUT2D eigenvalue weighted by molar-refractivity contribution is 7.16. The second-order valence-electron chi connectivity index (χ2n) is 6.34. The van der Waals surface area contributed by atoms with Crippen molar-refractivity contribution in [2.24, 2.45) is 0 Å². The molecule has 2 aromatic carbocycles. The van der Waals surface area contributed by atoms with Gasteiger partial charge in [0.25, 0.3) is 0 Å². The Morgan fingerprint density at radius 2 is 1.17 bits per heavy atom. The molecule has 154 valence electrons. The van der Waals surface area contributed by atoms with Crippen LogP contribution in [0.15, 0.2) is 48.8 Å². The maximum atomic E-state index is 13.2. The van der Waals surface area contributed by atoms with E-state index in [9.17, 15) is 8.78 Å². The van der Waals surface area contributed by atoms with Gasteiger partial charge in [-0.15, -0.1) is 22.7 Å². The third-order valence-electron chi connectivity index (χ3n) is 4.14. The Balaban J connectivity index is 1.34. The van der Waals surface area contributed by atoms with Crippen molar-refractivity contribution in [3.63, 3.8) is 0 Å². The Morgan fingerprint density at radius 1 is 0.733 bits per heavy atom. The summed E-state index contributed by atoms with van der Waals surface area (Å²) in [7, 11) is 0. The van der Waals surface area contributed by atoms with Crippen molar-refractivity contribution in [2.45, 2.75) is 12.8 Å². The Kier molecular flexibility index (Phi) is 6.48. The molecule has 0 aliphatic carbocycles. The number of rotatable bonds is 7. The van der Waals surface area contributed by atoms with Gasteiger partial charge >= 0.3 is 0 Å². The Bertz CT molecular complexity index is 1090. The van der Waals surface area contributed by atoms with Crippen LogP contribution in [0.25, 0.3) is 0 Å². The highest BCUT2D eigenvalue weighted by Crippen LogP contribution is 2.27. The molecular formula is C20H14Cl2F2N4S2. The Labute approximate surface area is 189 Å². The van der Waals surface area contributed by atoms with Crippen LogP contribution in [-0.4, -0.2) is 9.97 Å². The first-order valence-corrected chi connectivity index (χ1v) is 11.1. The van der Waals surface area contributed by atoms with E-state index in [1.54, 1.807) is 24.5 Å². The van der Waals surface area contributed by atoms with Gasteiger partial charge in [-0.25, -0.2) is 18.7 Å². The van der Waals surface area contributed by atoms with Crippen molar-refractivity contribution in [3.8, 4) is 0 Å². The van der Waals surface area contributed by atoms with E-state index in [1.165, 1.54) is 46.9 Å². The predicted octanol–water partition coefficient (Wildman–Crippen LogP) is 6.81. The number of halogens is 4. The number of aromatic nitrogens is 2. The fourth-order valence-corrected chi connectivity index (χ4v) is 4.75. The summed E-state index contributed by atoms with van der Waals surface area (Å²) in [5.41, 5.74) is 7.72. The summed E-state index contributed by atoms with van der Waals surface area (Å²) in [5, 5.41) is 2.13. The lowest BCUT2D eigenvalue weighted by Gasteiger charge is -2.03. The first-order chi connectivity index (χ1) is 14.5. The number of thiazole rings is 2. The van der Waals surface area contributed by atoms with E-state index in [1.807, 2.05) is 0 Å². The van der Waals surface area contributed by atoms with Gasteiger partial charge in [0, 0.05) is 45.0 Å². The van der Waals surface area contributed by atoms with Crippen LogP contribution in [0.1, 0.15) is 20.9 Å². The molecule has 0 aliphatic rings. The standard InChI is InChI=1S/C20H14Cl2F2N4S2/c21-17-7-13(23)3-1-11(17)5-15-9-25-19(29-15)27-28-20-26-10-16(30-20)6-12-2-4-14(24)8-18(12)22/h1-4,7-10H,5-6H2,(H,25,27)(H,26,28). The molecular weight excluding hydrogens is 469 g/mol. The van der Waals surface area contributed by atoms with Crippen molar-refractivity contribution < 1.29 is 8.78 Å². The minimum absolute atomic E-state index is 0.357. The average molecular weight is 483 g/mol. The number of hydrazine groups is 1. The van der Waals surface area contributed by atoms with Gasteiger partial charge in [0.15, 0.2) is 0 Å². The van der Waals surface area contributed by atoms with Crippen LogP contribution in [0, 0.1) is 11.6 Å². The van der Waals surface area contributed by atoms with E-state index in [2.05, 4.69) is 20.8 Å². The molecule has 0 spiro atoms. The lowest BCUT2D eigenvalue weighted by atomic mass is 10.1. The molecule has 0 amide bonds. The fraction of sp³-hybridized carbons (Fsp3) is 0.100. The number of hydrogen-bond donors (Lipinski definition) is 2. The molecule has 0 atom stereocenters. The highest BCUT2D eigenvalue weighted by Gasteiger charge is 2.09. The van der Waals surface area contributed by atoms with Crippen molar-refractivity contribution in [1.82, 2.24) is 9.97 Å². The van der Waals surface area contributed by atoms with Crippen LogP contribution < -0.4 is 10.9 Å². The van der Waals surface area contributed by atoms with E-state index in [-0.39, 0.29) is 11.6 Å². The van der Waals surface area contributed by atoms with Crippen LogP contribution in [0.2, 0.25) is 10.0 Å². The summed E-state index contributed by atoms with van der Waals surface area (Å²) in [5.74, 6) is -0.715. The smallest absolute Gasteiger partial charge is 0.201 e. The summed E-state index contributed by atoms with van der Waals surface area (Å²) in [6, 6.07) is 8.74. The zero-order valence-corrected chi connectivity index (χ0v) is 18.4. The molecule has 4 nitrogen and oxygen atoms in total. The summed E-state index contributed by atoms with van der Waals surface area (Å²) >= 11 is 15.1. The zero-order valence-electron chi connectivity index (χ0n) is 15.3. The number of hydrogen-bond acceptors (Lipinski definition) is 6. The normalized spacial score (nSPS) is 10.9. The van der Waals surface area contributed by atoms with Gasteiger partial charge in [-0.05, 0) is 35.4 Å². The average Bonchev–Trinajstić information content (AvgIpc) is 3.34. The summed E-state index contributed by atoms with van der Waals surface area (Å²) in [6.45, 7) is 0. The lowest BCUT2D eigenvalue weighted by molar-refractivity contribution is 0.627. The molecule has 4 rings (SSSR count). The molecule has 30 heavy (non-hydrogen) atoms. The largest absolute Gasteiger partial charge is 0.274 e. The molecule has 2 heterocycles. The molecule has 10 heteroatoms. The molecule has 0 radical (unpaired) electrons. The van der Waals surface area contributed by atoms with Gasteiger partial charge in [-0.2, -0.15) is 0 Å². The van der Waals surface area contributed by atoms with Crippen molar-refractivity contribution >= 4 is 56.1 Å². The minimum atomic E-state index is -0.357. The predicted molar refractivity (Wildman–Crippen MR) is 120 cm³/mol. The molecule has 0 aliphatic heterocycles. The van der Waals surface area contributed by atoms with E-state index >= 15 is 0 Å². The third kappa shape index (κ3) is 5.26. The first-order valence-electron chi connectivity index (χ1n) is 8.75. The number of anilines is 2. The van der Waals surface area contributed by atoms with Crippen LogP contribution in [0.3, 0.4) is 0 Å². The molecule has 2 aromatic heterocycles. The van der Waals surface area contributed by atoms with Crippen LogP contribution in [-0.2, 0) is 12.8 Å². The van der Waals surface area contributed by atoms with Gasteiger partial charge in [0.05, 0.1) is 0 Å². The van der Waals surface area contributed by atoms with Crippen molar-refractivity contribution in [3.05, 3.63) is 91.4 Å². The molecule has 0 saturated heterocycles. The van der Waals surface area contributed by atoms with Gasteiger partial charge in [-0.1, -0.05) is 35.3 Å². The second-order valence-corrected chi connectivity index (χ2v) is 9.38. The van der Waals surface area contributed by atoms with E-state index in [0.29, 0.717) is 33.2 Å². The molecule has 0 bridgehead atoms. The van der Waals surface area contributed by atoms with Crippen LogP contribution >= 0.6 is 45.9 Å². The number of nitrogens with zero attached hydrogens (tertiary/aromatic N) is 2. The number of benzene rings is 2. The maximum Gasteiger partial charge on any atom is 0.201 e. The molecule has 0 saturated carbocycles. The summed E-state index contributed by atoms with van der Waals surface area (Å²) < 4.78 is 26.3. The summed E-state index contributed by atoms with van der Waals surface area (Å²) in [6.07, 6.45) is 4.63. The van der Waals surface area contributed by atoms with Crippen molar-refractivity contribution in [2.75, 3.05) is 10.9 Å². The van der Waals surface area contributed by atoms with E-state index < -0.39 is 0 Å². The van der Waals surface area contributed by atoms with Gasteiger partial charge in [-0.3, -0.25) is 10.9 Å². The fourth-order valence-electron chi connectivity index (χ4n) is 2.71. The maximum absolute atomic E-state index is 13.2. The van der Waals surface area contributed by atoms with Crippen LogP contribution in [0.5, 0.6) is 0 Å². The molecule has 0 fully saturated rings. The van der Waals surface area contributed by atoms with E-state index in [0.717, 1.165) is 20.9 Å². The monoisotopic (exact) mass is 482 g/mol. The zero-order chi connectivity index (χ0) is 21.1.